The first kappa shape index (κ1) is 30.6. The van der Waals surface area contributed by atoms with Crippen molar-refractivity contribution in [3.05, 3.63) is 188 Å². The zero-order valence-electron chi connectivity index (χ0n) is 28.7. The quantitative estimate of drug-likeness (QED) is 0.164. The maximum absolute atomic E-state index is 5.19. The van der Waals surface area contributed by atoms with Gasteiger partial charge in [-0.15, -0.1) is 0 Å². The van der Waals surface area contributed by atoms with Crippen molar-refractivity contribution in [3.63, 3.8) is 0 Å². The van der Waals surface area contributed by atoms with Crippen molar-refractivity contribution in [3.8, 4) is 67.5 Å². The molecule has 0 aliphatic carbocycles. The molecule has 0 saturated heterocycles. The lowest BCUT2D eigenvalue weighted by Crippen LogP contribution is -2.17. The van der Waals surface area contributed by atoms with Crippen LogP contribution >= 0.6 is 0 Å². The average Bonchev–Trinajstić information content (AvgIpc) is 3.62. The van der Waals surface area contributed by atoms with E-state index >= 15 is 0 Å². The minimum absolute atomic E-state index is 0.657. The van der Waals surface area contributed by atoms with Gasteiger partial charge >= 0.3 is 5.82 Å². The Morgan fingerprint density at radius 2 is 0.925 bits per heavy atom. The fourth-order valence-electron chi connectivity index (χ4n) is 7.34. The van der Waals surface area contributed by atoms with Gasteiger partial charge in [0.1, 0.15) is 5.39 Å². The summed E-state index contributed by atoms with van der Waals surface area (Å²) in [5.74, 6) is 2.15. The maximum Gasteiger partial charge on any atom is 0.308 e. The summed E-state index contributed by atoms with van der Waals surface area (Å²) in [5, 5.41) is 4.64. The molecule has 8 aromatic carbocycles. The van der Waals surface area contributed by atoms with Crippen LogP contribution in [0.25, 0.3) is 100 Å². The molecule has 10 aromatic rings. The van der Waals surface area contributed by atoms with Crippen LogP contribution in [0.2, 0.25) is 0 Å². The number of fused-ring (bicyclic) bond motifs is 4. The highest BCUT2D eigenvalue weighted by molar-refractivity contribution is 6.12. The van der Waals surface area contributed by atoms with Gasteiger partial charge in [-0.05, 0) is 98.8 Å². The number of aromatic nitrogens is 3. The van der Waals surface area contributed by atoms with Gasteiger partial charge in [0.05, 0.1) is 22.1 Å². The van der Waals surface area contributed by atoms with Crippen molar-refractivity contribution in [2.75, 3.05) is 0 Å². The molecule has 0 unspecified atom stereocenters. The fourth-order valence-corrected chi connectivity index (χ4v) is 7.34. The van der Waals surface area contributed by atoms with E-state index in [2.05, 4.69) is 169 Å². The normalized spacial score (nSPS) is 11.4. The van der Waals surface area contributed by atoms with Crippen LogP contribution < -0.4 is 4.98 Å². The molecule has 248 valence electrons. The summed E-state index contributed by atoms with van der Waals surface area (Å²) in [4.78, 5) is 13.9. The first-order valence-corrected chi connectivity index (χ1v) is 17.9. The first-order chi connectivity index (χ1) is 26.2. The first-order valence-electron chi connectivity index (χ1n) is 17.9. The van der Waals surface area contributed by atoms with Gasteiger partial charge in [0.15, 0.2) is 0 Å². The maximum atomic E-state index is 5.19. The summed E-state index contributed by atoms with van der Waals surface area (Å²) in [6, 6.07) is 66.0. The number of nitrogens with one attached hydrogen (secondary N) is 1. The van der Waals surface area contributed by atoms with Crippen molar-refractivity contribution < 1.29 is 9.40 Å². The molecule has 0 bridgehead atoms. The Balaban J connectivity index is 1.10. The predicted molar refractivity (Wildman–Crippen MR) is 217 cm³/mol. The smallest absolute Gasteiger partial charge is 0.308 e. The summed E-state index contributed by atoms with van der Waals surface area (Å²) in [6.07, 6.45) is 0. The lowest BCUT2D eigenvalue weighted by atomic mass is 9.96. The lowest BCUT2D eigenvalue weighted by Gasteiger charge is -2.08. The molecule has 2 aromatic heterocycles. The van der Waals surface area contributed by atoms with E-state index < -0.39 is 0 Å². The molecule has 2 heterocycles. The number of aromatic amines is 1. The summed E-state index contributed by atoms with van der Waals surface area (Å²) in [5.41, 5.74) is 11.8. The van der Waals surface area contributed by atoms with Crippen molar-refractivity contribution in [2.24, 2.45) is 0 Å². The molecule has 10 rings (SSSR count). The van der Waals surface area contributed by atoms with Gasteiger partial charge < -0.3 is 4.42 Å². The van der Waals surface area contributed by atoms with E-state index in [1.807, 2.05) is 24.3 Å². The second-order valence-electron chi connectivity index (χ2n) is 13.4. The number of rotatable bonds is 6. The molecule has 0 saturated carbocycles. The minimum atomic E-state index is 0.657. The molecule has 0 radical (unpaired) electrons. The van der Waals surface area contributed by atoms with Crippen LogP contribution in [0.5, 0.6) is 0 Å². The lowest BCUT2D eigenvalue weighted by molar-refractivity contribution is -0.359. The third-order valence-corrected chi connectivity index (χ3v) is 10.1. The molecule has 0 amide bonds. The second kappa shape index (κ2) is 12.9. The van der Waals surface area contributed by atoms with Gasteiger partial charge in [0, 0.05) is 12.1 Å². The van der Waals surface area contributed by atoms with Gasteiger partial charge in [0.25, 0.3) is 22.8 Å². The summed E-state index contributed by atoms with van der Waals surface area (Å²) < 4.78 is 5.07. The van der Waals surface area contributed by atoms with Crippen molar-refractivity contribution in [1.29, 1.82) is 0 Å². The monoisotopic (exact) mass is 679 g/mol. The number of furan rings is 1. The van der Waals surface area contributed by atoms with Crippen LogP contribution in [0, 0.1) is 0 Å². The standard InChI is InChI=1S/C49H31N3O/c1-3-11-32(12-4-1)34-21-24-36(25-22-34)48-50-47(35-14-5-2-6-15-35)51-49(52-48)42-19-10-20-45-46(42)43-31-41(27-28-44(43)53-45)39-18-9-17-38(30-39)40-26-23-33-13-7-8-16-37(33)29-40/h1-31H/p+2. The number of hydrogen-bond acceptors (Lipinski definition) is 2. The molecular formula is C49H33N3O+2. The molecule has 2 N–H and O–H groups in total. The van der Waals surface area contributed by atoms with E-state index in [4.69, 9.17) is 14.4 Å². The van der Waals surface area contributed by atoms with Crippen molar-refractivity contribution in [1.82, 2.24) is 9.97 Å². The zero-order valence-corrected chi connectivity index (χ0v) is 28.7. The molecule has 4 heteroatoms. The average molecular weight is 680 g/mol. The Hall–Kier alpha value is -7.17. The van der Waals surface area contributed by atoms with Crippen LogP contribution in [0.3, 0.4) is 0 Å². The number of nitrogens with zero attached hydrogens (tertiary/aromatic N) is 2. The summed E-state index contributed by atoms with van der Waals surface area (Å²) in [7, 11) is 0. The van der Waals surface area contributed by atoms with Gasteiger partial charge in [-0.25, -0.2) is 4.98 Å². The van der Waals surface area contributed by atoms with Gasteiger partial charge in [-0.1, -0.05) is 131 Å². The Labute approximate surface area is 306 Å². The van der Waals surface area contributed by atoms with Crippen LogP contribution in [0.1, 0.15) is 0 Å². The SMILES string of the molecule is c1ccc(-c2ccc(-c3nc(-c4ccccc4)[nH+]c(-c4cccc5[oH+]c6ccc(-c7cccc(-c8ccc9ccccc9c8)c7)cc6c45)n3)cc2)cc1. The van der Waals surface area contributed by atoms with Gasteiger partial charge in [-0.3, -0.25) is 0 Å². The third-order valence-electron chi connectivity index (χ3n) is 10.1. The number of H-pyrrole nitrogens is 1. The Morgan fingerprint density at radius 3 is 1.72 bits per heavy atom. The Bertz CT molecular complexity index is 2930. The molecule has 53 heavy (non-hydrogen) atoms. The highest BCUT2D eigenvalue weighted by Crippen LogP contribution is 2.38. The topological polar surface area (TPSA) is 52.7 Å². The Kier molecular flexibility index (Phi) is 7.43. The zero-order chi connectivity index (χ0) is 35.1. The highest BCUT2D eigenvalue weighted by Gasteiger charge is 2.25. The van der Waals surface area contributed by atoms with E-state index in [1.165, 1.54) is 27.5 Å². The van der Waals surface area contributed by atoms with Crippen LogP contribution in [-0.4, -0.2) is 9.97 Å². The minimum Gasteiger partial charge on any atom is -0.545 e. The van der Waals surface area contributed by atoms with Crippen LogP contribution in [-0.2, 0) is 0 Å². The van der Waals surface area contributed by atoms with E-state index in [0.717, 1.165) is 67.0 Å². The molecule has 0 aliphatic heterocycles. The highest BCUT2D eigenvalue weighted by atomic mass is 16.3. The Morgan fingerprint density at radius 1 is 0.358 bits per heavy atom. The molecule has 0 atom stereocenters. The van der Waals surface area contributed by atoms with E-state index in [-0.39, 0.29) is 0 Å². The summed E-state index contributed by atoms with van der Waals surface area (Å²) >= 11 is 0. The molecule has 4 nitrogen and oxygen atoms in total. The second-order valence-corrected chi connectivity index (χ2v) is 13.4. The fraction of sp³-hybridized carbons (Fsp3) is 0. The molecule has 0 aliphatic rings. The van der Waals surface area contributed by atoms with Crippen molar-refractivity contribution >= 4 is 32.7 Å². The van der Waals surface area contributed by atoms with Gasteiger partial charge in [-0.2, -0.15) is 0 Å². The molecule has 0 spiro atoms. The third kappa shape index (κ3) is 5.73. The van der Waals surface area contributed by atoms with Crippen LogP contribution in [0.15, 0.2) is 192 Å². The summed E-state index contributed by atoms with van der Waals surface area (Å²) in [6.45, 7) is 0. The van der Waals surface area contributed by atoms with E-state index in [9.17, 15) is 0 Å². The van der Waals surface area contributed by atoms with E-state index in [1.54, 1.807) is 0 Å². The number of hydrogen-bond donors (Lipinski definition) is 0. The predicted octanol–water partition coefficient (Wildman–Crippen LogP) is 12.5. The largest absolute Gasteiger partial charge is 0.545 e. The molecule has 0 fully saturated rings. The van der Waals surface area contributed by atoms with Crippen molar-refractivity contribution in [2.45, 2.75) is 0 Å². The van der Waals surface area contributed by atoms with Crippen LogP contribution in [0.4, 0.5) is 0 Å². The molecular weight excluding hydrogens is 647 g/mol. The number of benzene rings is 8. The van der Waals surface area contributed by atoms with E-state index in [0.29, 0.717) is 5.82 Å². The van der Waals surface area contributed by atoms with Gasteiger partial charge in [0.2, 0.25) is 0 Å².